The molecule has 0 aromatic heterocycles. The number of unbranched alkanes of at least 4 members (excludes halogenated alkanes) is 1. The van der Waals surface area contributed by atoms with Gasteiger partial charge in [-0.15, -0.1) is 0 Å². The zero-order valence-electron chi connectivity index (χ0n) is 12.2. The number of nitrogens with one attached hydrogen (secondary N) is 1. The van der Waals surface area contributed by atoms with Crippen LogP contribution in [-0.4, -0.2) is 12.5 Å². The Morgan fingerprint density at radius 3 is 2.29 bits per heavy atom. The smallest absolute Gasteiger partial charge is 0.243 e. The minimum atomic E-state index is -0.0291. The molecule has 2 heteroatoms. The summed E-state index contributed by atoms with van der Waals surface area (Å²) in [5.74, 6) is -0.0291. The van der Waals surface area contributed by atoms with Crippen LogP contribution >= 0.6 is 0 Å². The topological polar surface area (TPSA) is 29.1 Å². The number of hydrogen-bond donors (Lipinski definition) is 1. The Bertz CT molecular complexity index is 561. The first kappa shape index (κ1) is 15.0. The van der Waals surface area contributed by atoms with Crippen LogP contribution in [-0.2, 0) is 11.2 Å². The molecule has 2 rings (SSSR count). The lowest BCUT2D eigenvalue weighted by Crippen LogP contribution is -2.22. The number of amides is 1. The molecule has 0 saturated heterocycles. The summed E-state index contributed by atoms with van der Waals surface area (Å²) < 4.78 is 0. The summed E-state index contributed by atoms with van der Waals surface area (Å²) in [5, 5.41) is 2.91. The Hall–Kier alpha value is -2.35. The highest BCUT2D eigenvalue weighted by molar-refractivity contribution is 5.91. The first-order chi connectivity index (χ1) is 10.3. The van der Waals surface area contributed by atoms with Gasteiger partial charge in [0, 0.05) is 12.6 Å². The van der Waals surface area contributed by atoms with Crippen molar-refractivity contribution in [3.05, 3.63) is 77.9 Å². The van der Waals surface area contributed by atoms with Crippen molar-refractivity contribution < 1.29 is 4.79 Å². The van der Waals surface area contributed by atoms with E-state index in [1.54, 1.807) is 6.08 Å². The van der Waals surface area contributed by atoms with Gasteiger partial charge in [-0.25, -0.2) is 0 Å². The van der Waals surface area contributed by atoms with Crippen LogP contribution in [0.2, 0.25) is 0 Å². The van der Waals surface area contributed by atoms with E-state index in [9.17, 15) is 4.79 Å². The van der Waals surface area contributed by atoms with Crippen LogP contribution in [0, 0.1) is 0 Å². The number of rotatable bonds is 7. The highest BCUT2D eigenvalue weighted by atomic mass is 16.1. The molecule has 0 aliphatic heterocycles. The summed E-state index contributed by atoms with van der Waals surface area (Å²) in [4.78, 5) is 11.7. The molecule has 0 radical (unpaired) electrons. The number of aryl methyl sites for hydroxylation is 1. The molecular weight excluding hydrogens is 258 g/mol. The van der Waals surface area contributed by atoms with E-state index in [4.69, 9.17) is 0 Å². The average Bonchev–Trinajstić information content (AvgIpc) is 2.54. The maximum absolute atomic E-state index is 11.7. The van der Waals surface area contributed by atoms with Crippen molar-refractivity contribution in [2.24, 2.45) is 0 Å². The number of benzene rings is 2. The molecule has 2 nitrogen and oxygen atoms in total. The van der Waals surface area contributed by atoms with Crippen LogP contribution in [0.3, 0.4) is 0 Å². The second kappa shape index (κ2) is 8.75. The fourth-order valence-electron chi connectivity index (χ4n) is 2.11. The predicted octanol–water partition coefficient (Wildman–Crippen LogP) is 3.84. The maximum Gasteiger partial charge on any atom is 0.243 e. The molecule has 1 N–H and O–H groups in total. The minimum absolute atomic E-state index is 0.0291. The van der Waals surface area contributed by atoms with E-state index in [-0.39, 0.29) is 5.91 Å². The molecule has 2 aromatic rings. The summed E-state index contributed by atoms with van der Waals surface area (Å²) in [7, 11) is 0. The molecule has 0 heterocycles. The second-order valence-electron chi connectivity index (χ2n) is 4.98. The Morgan fingerprint density at radius 1 is 0.905 bits per heavy atom. The van der Waals surface area contributed by atoms with E-state index in [1.165, 1.54) is 5.56 Å². The fourth-order valence-corrected chi connectivity index (χ4v) is 2.11. The van der Waals surface area contributed by atoms with E-state index < -0.39 is 0 Å². The normalized spacial score (nSPS) is 10.7. The van der Waals surface area contributed by atoms with E-state index in [0.717, 1.165) is 31.4 Å². The lowest BCUT2D eigenvalue weighted by atomic mass is 10.1. The van der Waals surface area contributed by atoms with Gasteiger partial charge in [-0.2, -0.15) is 0 Å². The van der Waals surface area contributed by atoms with E-state index in [2.05, 4.69) is 29.6 Å². The lowest BCUT2D eigenvalue weighted by molar-refractivity contribution is -0.116. The summed E-state index contributed by atoms with van der Waals surface area (Å²) in [6, 6.07) is 20.3. The highest BCUT2D eigenvalue weighted by Gasteiger charge is 1.96. The van der Waals surface area contributed by atoms with Gasteiger partial charge < -0.3 is 5.32 Å². The van der Waals surface area contributed by atoms with Gasteiger partial charge in [-0.05, 0) is 36.5 Å². The highest BCUT2D eigenvalue weighted by Crippen LogP contribution is 2.04. The Kier molecular flexibility index (Phi) is 6.27. The first-order valence-corrected chi connectivity index (χ1v) is 7.39. The molecule has 0 unspecified atom stereocenters. The largest absolute Gasteiger partial charge is 0.353 e. The Balaban J connectivity index is 1.60. The van der Waals surface area contributed by atoms with Crippen LogP contribution in [0.25, 0.3) is 6.08 Å². The average molecular weight is 279 g/mol. The quantitative estimate of drug-likeness (QED) is 0.605. The molecular formula is C19H21NO. The Morgan fingerprint density at radius 2 is 1.57 bits per heavy atom. The van der Waals surface area contributed by atoms with Gasteiger partial charge in [0.2, 0.25) is 5.91 Å². The minimum Gasteiger partial charge on any atom is -0.353 e. The third kappa shape index (κ3) is 6.09. The van der Waals surface area contributed by atoms with E-state index in [1.807, 2.05) is 42.5 Å². The van der Waals surface area contributed by atoms with Crippen molar-refractivity contribution in [3.63, 3.8) is 0 Å². The summed E-state index contributed by atoms with van der Waals surface area (Å²) in [6.45, 7) is 0.727. The molecule has 21 heavy (non-hydrogen) atoms. The standard InChI is InChI=1S/C19H21NO/c21-19(15-14-18-11-5-2-6-12-18)20-16-8-7-13-17-9-3-1-4-10-17/h1-6,9-12,14-15H,7-8,13,16H2,(H,20,21)/b15-14+. The van der Waals surface area contributed by atoms with Gasteiger partial charge in [0.25, 0.3) is 0 Å². The van der Waals surface area contributed by atoms with Crippen molar-refractivity contribution in [2.45, 2.75) is 19.3 Å². The van der Waals surface area contributed by atoms with Gasteiger partial charge in [0.05, 0.1) is 0 Å². The molecule has 0 bridgehead atoms. The van der Waals surface area contributed by atoms with Crippen molar-refractivity contribution in [3.8, 4) is 0 Å². The number of carbonyl (C=O) groups excluding carboxylic acids is 1. The van der Waals surface area contributed by atoms with Gasteiger partial charge in [0.15, 0.2) is 0 Å². The van der Waals surface area contributed by atoms with Gasteiger partial charge in [-0.3, -0.25) is 4.79 Å². The van der Waals surface area contributed by atoms with Crippen LogP contribution in [0.5, 0.6) is 0 Å². The second-order valence-corrected chi connectivity index (χ2v) is 4.98. The van der Waals surface area contributed by atoms with Crippen LogP contribution in [0.15, 0.2) is 66.7 Å². The molecule has 2 aromatic carbocycles. The van der Waals surface area contributed by atoms with E-state index in [0.29, 0.717) is 0 Å². The summed E-state index contributed by atoms with van der Waals surface area (Å²) >= 11 is 0. The summed E-state index contributed by atoms with van der Waals surface area (Å²) in [6.07, 6.45) is 6.58. The molecule has 0 spiro atoms. The molecule has 0 fully saturated rings. The molecule has 108 valence electrons. The van der Waals surface area contributed by atoms with Crippen LogP contribution in [0.4, 0.5) is 0 Å². The molecule has 0 atom stereocenters. The van der Waals surface area contributed by atoms with Crippen molar-refractivity contribution in [2.75, 3.05) is 6.54 Å². The zero-order chi connectivity index (χ0) is 14.8. The molecule has 1 amide bonds. The van der Waals surface area contributed by atoms with E-state index >= 15 is 0 Å². The SMILES string of the molecule is O=C(/C=C/c1ccccc1)NCCCCc1ccccc1. The molecule has 0 aliphatic carbocycles. The number of carbonyl (C=O) groups is 1. The molecule has 0 aliphatic rings. The van der Waals surface area contributed by atoms with Gasteiger partial charge in [0.1, 0.15) is 0 Å². The van der Waals surface area contributed by atoms with Crippen LogP contribution in [0.1, 0.15) is 24.0 Å². The van der Waals surface area contributed by atoms with Crippen LogP contribution < -0.4 is 5.32 Å². The summed E-state index contributed by atoms with van der Waals surface area (Å²) in [5.41, 5.74) is 2.39. The first-order valence-electron chi connectivity index (χ1n) is 7.39. The lowest BCUT2D eigenvalue weighted by Gasteiger charge is -2.03. The third-order valence-corrected chi connectivity index (χ3v) is 3.26. The van der Waals surface area contributed by atoms with Gasteiger partial charge in [-0.1, -0.05) is 60.7 Å². The predicted molar refractivity (Wildman–Crippen MR) is 87.9 cm³/mol. The maximum atomic E-state index is 11.7. The van der Waals surface area contributed by atoms with Crippen molar-refractivity contribution in [1.82, 2.24) is 5.32 Å². The van der Waals surface area contributed by atoms with Crippen molar-refractivity contribution >= 4 is 12.0 Å². The van der Waals surface area contributed by atoms with Crippen molar-refractivity contribution in [1.29, 1.82) is 0 Å². The fraction of sp³-hybridized carbons (Fsp3) is 0.211. The third-order valence-electron chi connectivity index (χ3n) is 3.26. The molecule has 0 saturated carbocycles. The number of hydrogen-bond acceptors (Lipinski definition) is 1. The zero-order valence-corrected chi connectivity index (χ0v) is 12.2. The monoisotopic (exact) mass is 279 g/mol. The van der Waals surface area contributed by atoms with Gasteiger partial charge >= 0.3 is 0 Å². The Labute approximate surface area is 126 Å².